The van der Waals surface area contributed by atoms with Gasteiger partial charge in [-0.1, -0.05) is 12.1 Å². The van der Waals surface area contributed by atoms with Crippen molar-refractivity contribution in [2.75, 3.05) is 5.32 Å². The Balaban J connectivity index is 1.87. The summed E-state index contributed by atoms with van der Waals surface area (Å²) in [5.41, 5.74) is 2.14. The van der Waals surface area contributed by atoms with Crippen LogP contribution >= 0.6 is 0 Å². The van der Waals surface area contributed by atoms with Crippen molar-refractivity contribution in [1.29, 1.82) is 0 Å². The molecule has 4 rings (SSSR count). The number of amides is 1. The number of nitrogens with one attached hydrogen (secondary N) is 1. The lowest BCUT2D eigenvalue weighted by molar-refractivity contribution is 0.102. The Morgan fingerprint density at radius 1 is 1.04 bits per heavy atom. The van der Waals surface area contributed by atoms with Gasteiger partial charge in [0, 0.05) is 18.6 Å². The molecule has 0 radical (unpaired) electrons. The molecule has 0 aliphatic rings. The molecule has 0 unspecified atom stereocenters. The molecule has 6 heteroatoms. The van der Waals surface area contributed by atoms with Crippen LogP contribution in [0.3, 0.4) is 0 Å². The summed E-state index contributed by atoms with van der Waals surface area (Å²) in [7, 11) is 1.87. The zero-order valence-electron chi connectivity index (χ0n) is 14.4. The van der Waals surface area contributed by atoms with Crippen LogP contribution in [0, 0.1) is 11.6 Å². The van der Waals surface area contributed by atoms with Crippen LogP contribution in [0.2, 0.25) is 0 Å². The van der Waals surface area contributed by atoms with Crippen molar-refractivity contribution in [1.82, 2.24) is 9.55 Å². The number of anilines is 1. The van der Waals surface area contributed by atoms with E-state index in [0.717, 1.165) is 5.69 Å². The number of carbonyl (C=O) groups is 1. The molecule has 1 amide bonds. The van der Waals surface area contributed by atoms with E-state index in [1.807, 2.05) is 29.9 Å². The molecule has 134 valence electrons. The molecule has 4 aromatic rings. The van der Waals surface area contributed by atoms with Gasteiger partial charge in [0.25, 0.3) is 5.91 Å². The second-order valence-electron chi connectivity index (χ2n) is 6.15. The third-order valence-corrected chi connectivity index (χ3v) is 4.34. The van der Waals surface area contributed by atoms with Gasteiger partial charge in [-0.3, -0.25) is 4.79 Å². The first-order valence-corrected chi connectivity index (χ1v) is 8.31. The van der Waals surface area contributed by atoms with E-state index < -0.39 is 17.5 Å². The average molecular weight is 363 g/mol. The van der Waals surface area contributed by atoms with Gasteiger partial charge in [0.05, 0.1) is 28.2 Å². The van der Waals surface area contributed by atoms with Crippen molar-refractivity contribution >= 4 is 22.5 Å². The number of nitrogens with zero attached hydrogens (tertiary/aromatic N) is 2. The van der Waals surface area contributed by atoms with Crippen molar-refractivity contribution in [3.8, 4) is 11.4 Å². The molecule has 0 fully saturated rings. The largest absolute Gasteiger partial charge is 0.349 e. The van der Waals surface area contributed by atoms with Crippen LogP contribution in [-0.2, 0) is 7.05 Å². The summed E-state index contributed by atoms with van der Waals surface area (Å²) in [6.45, 7) is 0. The fraction of sp³-hybridized carbons (Fsp3) is 0.0476. The summed E-state index contributed by atoms with van der Waals surface area (Å²) in [5.74, 6) is -1.55. The van der Waals surface area contributed by atoms with E-state index in [1.165, 1.54) is 36.4 Å². The van der Waals surface area contributed by atoms with Crippen molar-refractivity contribution in [2.24, 2.45) is 7.05 Å². The summed E-state index contributed by atoms with van der Waals surface area (Å²) >= 11 is 0. The maximum Gasteiger partial charge on any atom is 0.256 e. The van der Waals surface area contributed by atoms with Crippen LogP contribution in [0.4, 0.5) is 14.5 Å². The highest BCUT2D eigenvalue weighted by Crippen LogP contribution is 2.26. The first-order valence-electron chi connectivity index (χ1n) is 8.31. The van der Waals surface area contributed by atoms with Crippen LogP contribution in [0.15, 0.2) is 66.9 Å². The maximum atomic E-state index is 13.9. The molecule has 0 saturated carbocycles. The fourth-order valence-electron chi connectivity index (χ4n) is 3.00. The Morgan fingerprint density at radius 3 is 2.59 bits per heavy atom. The second kappa shape index (κ2) is 6.64. The molecular weight excluding hydrogens is 348 g/mol. The zero-order valence-corrected chi connectivity index (χ0v) is 14.4. The lowest BCUT2D eigenvalue weighted by atomic mass is 10.1. The first kappa shape index (κ1) is 16.9. The predicted molar refractivity (Wildman–Crippen MR) is 100 cm³/mol. The summed E-state index contributed by atoms with van der Waals surface area (Å²) < 4.78 is 29.6. The number of halogens is 2. The highest BCUT2D eigenvalue weighted by Gasteiger charge is 2.17. The number of fused-ring (bicyclic) bond motifs is 1. The zero-order chi connectivity index (χ0) is 19.0. The molecule has 2 aromatic heterocycles. The molecule has 0 bridgehead atoms. The van der Waals surface area contributed by atoms with E-state index in [0.29, 0.717) is 16.6 Å². The predicted octanol–water partition coefficient (Wildman–Crippen LogP) is 4.77. The highest BCUT2D eigenvalue weighted by molar-refractivity contribution is 6.13. The highest BCUT2D eigenvalue weighted by atomic mass is 19.1. The fourth-order valence-corrected chi connectivity index (χ4v) is 3.00. The van der Waals surface area contributed by atoms with Crippen LogP contribution in [0.5, 0.6) is 0 Å². The van der Waals surface area contributed by atoms with E-state index in [-0.39, 0.29) is 11.3 Å². The van der Waals surface area contributed by atoms with E-state index in [2.05, 4.69) is 10.3 Å². The van der Waals surface area contributed by atoms with Crippen LogP contribution in [-0.4, -0.2) is 15.5 Å². The number of para-hydroxylation sites is 1. The third-order valence-electron chi connectivity index (χ3n) is 4.34. The van der Waals surface area contributed by atoms with Gasteiger partial charge in [0.1, 0.15) is 11.6 Å². The van der Waals surface area contributed by atoms with Crippen molar-refractivity contribution in [2.45, 2.75) is 0 Å². The standard InChI is InChI=1S/C21H15F2N3O/c1-26-10-4-7-20(26)19-12-15(14-11-13(22)8-9-17(14)24-19)21(27)25-18-6-3-2-5-16(18)23/h2-12H,1H3,(H,25,27). The Kier molecular flexibility index (Phi) is 4.16. The molecule has 4 nitrogen and oxygen atoms in total. The van der Waals surface area contributed by atoms with Gasteiger partial charge in [-0.15, -0.1) is 0 Å². The third kappa shape index (κ3) is 3.17. The van der Waals surface area contributed by atoms with E-state index in [4.69, 9.17) is 0 Å². The number of aryl methyl sites for hydroxylation is 1. The van der Waals surface area contributed by atoms with Crippen LogP contribution in [0.25, 0.3) is 22.3 Å². The molecule has 0 spiro atoms. The van der Waals surface area contributed by atoms with Gasteiger partial charge < -0.3 is 9.88 Å². The number of hydrogen-bond donors (Lipinski definition) is 1. The Morgan fingerprint density at radius 2 is 1.85 bits per heavy atom. The first-order chi connectivity index (χ1) is 13.0. The van der Waals surface area contributed by atoms with Gasteiger partial charge in [-0.2, -0.15) is 0 Å². The number of pyridine rings is 1. The summed E-state index contributed by atoms with van der Waals surface area (Å²) in [5, 5.41) is 2.92. The smallest absolute Gasteiger partial charge is 0.256 e. The quantitative estimate of drug-likeness (QED) is 0.570. The SMILES string of the molecule is Cn1cccc1-c1cc(C(=O)Nc2ccccc2F)c2cc(F)ccc2n1. The van der Waals surface area contributed by atoms with Gasteiger partial charge in [-0.25, -0.2) is 13.8 Å². The lowest BCUT2D eigenvalue weighted by Gasteiger charge is -2.12. The van der Waals surface area contributed by atoms with Gasteiger partial charge in [0.15, 0.2) is 0 Å². The Hall–Kier alpha value is -3.54. The second-order valence-corrected chi connectivity index (χ2v) is 6.15. The monoisotopic (exact) mass is 363 g/mol. The summed E-state index contributed by atoms with van der Waals surface area (Å²) in [4.78, 5) is 17.4. The minimum absolute atomic E-state index is 0.0595. The van der Waals surface area contributed by atoms with Crippen LogP contribution < -0.4 is 5.32 Å². The molecule has 2 aromatic carbocycles. The number of carbonyl (C=O) groups excluding carboxylic acids is 1. The van der Waals surface area contributed by atoms with Crippen molar-refractivity contribution in [3.05, 3.63) is 84.1 Å². The summed E-state index contributed by atoms with van der Waals surface area (Å²) in [6, 6.07) is 15.3. The van der Waals surface area contributed by atoms with Crippen molar-refractivity contribution in [3.63, 3.8) is 0 Å². The van der Waals surface area contributed by atoms with Gasteiger partial charge >= 0.3 is 0 Å². The molecule has 1 N–H and O–H groups in total. The number of hydrogen-bond acceptors (Lipinski definition) is 2. The normalized spacial score (nSPS) is 10.9. The molecule has 2 heterocycles. The number of rotatable bonds is 3. The van der Waals surface area contributed by atoms with Gasteiger partial charge in [0.2, 0.25) is 0 Å². The summed E-state index contributed by atoms with van der Waals surface area (Å²) in [6.07, 6.45) is 1.87. The molecule has 0 aliphatic heterocycles. The lowest BCUT2D eigenvalue weighted by Crippen LogP contribution is -2.14. The molecule has 0 aliphatic carbocycles. The molecule has 0 saturated heterocycles. The van der Waals surface area contributed by atoms with E-state index in [1.54, 1.807) is 12.1 Å². The van der Waals surface area contributed by atoms with Crippen LogP contribution in [0.1, 0.15) is 10.4 Å². The van der Waals surface area contributed by atoms with E-state index >= 15 is 0 Å². The van der Waals surface area contributed by atoms with Gasteiger partial charge in [-0.05, 0) is 48.5 Å². The van der Waals surface area contributed by atoms with Crippen molar-refractivity contribution < 1.29 is 13.6 Å². The topological polar surface area (TPSA) is 46.9 Å². The average Bonchev–Trinajstić information content (AvgIpc) is 3.08. The maximum absolute atomic E-state index is 13.9. The Labute approximate surface area is 154 Å². The van der Waals surface area contributed by atoms with E-state index in [9.17, 15) is 13.6 Å². The Bertz CT molecular complexity index is 1170. The molecule has 0 atom stereocenters. The molecule has 27 heavy (non-hydrogen) atoms. The number of benzene rings is 2. The molecular formula is C21H15F2N3O. The number of aromatic nitrogens is 2. The minimum atomic E-state index is -0.543. The minimum Gasteiger partial charge on any atom is -0.349 e.